The molecule has 0 saturated heterocycles. The van der Waals surface area contributed by atoms with E-state index in [4.69, 9.17) is 9.05 Å². The number of fused-ring (bicyclic) bond motifs is 2. The molecule has 0 N–H and O–H groups in total. The smallest absolute Gasteiger partial charge is 0.390 e. The van der Waals surface area contributed by atoms with Gasteiger partial charge in [-0.15, -0.1) is 4.62 Å². The van der Waals surface area contributed by atoms with Gasteiger partial charge in [0.25, 0.3) is 15.9 Å². The van der Waals surface area contributed by atoms with E-state index in [1.165, 1.54) is 12.1 Å². The van der Waals surface area contributed by atoms with E-state index in [1.54, 1.807) is 0 Å². The summed E-state index contributed by atoms with van der Waals surface area (Å²) < 4.78 is 50.0. The summed E-state index contributed by atoms with van der Waals surface area (Å²) in [5, 5.41) is 0. The number of hydroxylamine groups is 1. The first kappa shape index (κ1) is 9.46. The molecule has 17 heavy (non-hydrogen) atoms. The zero-order valence-electron chi connectivity index (χ0n) is 7.82. The second-order valence-electron chi connectivity index (χ2n) is 3.51. The van der Waals surface area contributed by atoms with E-state index in [1.807, 2.05) is 0 Å². The molecular formula is C7H2NO7PS. The molecule has 1 atom stereocenters. The lowest BCUT2D eigenvalue weighted by atomic mass is 10.2. The standard InChI is InChI=1S/C7H2NO7PS/c9-7-5-4-2-1-3-6(5)14-16(10,13-3)15-8(7)17(4,11)12/h1-2H. The number of carbonyl (C=O) groups is 1. The third-order valence-electron chi connectivity index (χ3n) is 2.55. The predicted molar refractivity (Wildman–Crippen MR) is 49.7 cm³/mol. The first-order valence-corrected chi connectivity index (χ1v) is 7.28. The number of amides is 1. The summed E-state index contributed by atoms with van der Waals surface area (Å²) in [4.78, 5) is 11.5. The number of phosphoric acid groups is 1. The number of hydrogen-bond donors (Lipinski definition) is 0. The molecule has 0 saturated carbocycles. The lowest BCUT2D eigenvalue weighted by molar-refractivity contribution is 0.0177. The number of benzene rings is 1. The zero-order chi connectivity index (χ0) is 12.0. The van der Waals surface area contributed by atoms with Gasteiger partial charge in [0.15, 0.2) is 11.5 Å². The van der Waals surface area contributed by atoms with Crippen molar-refractivity contribution < 1.29 is 31.4 Å². The van der Waals surface area contributed by atoms with Crippen LogP contribution in [0.5, 0.6) is 11.5 Å². The van der Waals surface area contributed by atoms with Gasteiger partial charge in [0.05, 0.1) is 0 Å². The number of sulfonamides is 1. The molecule has 3 heterocycles. The van der Waals surface area contributed by atoms with E-state index in [-0.39, 0.29) is 26.4 Å². The molecule has 1 amide bonds. The largest absolute Gasteiger partial charge is 0.611 e. The maximum absolute atomic E-state index is 11.9. The summed E-state index contributed by atoms with van der Waals surface area (Å²) in [7, 11) is -8.23. The molecule has 0 spiro atoms. The second-order valence-corrected chi connectivity index (χ2v) is 6.66. The molecule has 10 heteroatoms. The fourth-order valence-corrected chi connectivity index (χ4v) is 4.78. The van der Waals surface area contributed by atoms with Gasteiger partial charge >= 0.3 is 7.82 Å². The fourth-order valence-electron chi connectivity index (χ4n) is 1.87. The van der Waals surface area contributed by atoms with Gasteiger partial charge in [-0.2, -0.15) is 8.42 Å². The Kier molecular flexibility index (Phi) is 1.30. The Morgan fingerprint density at radius 2 is 2.00 bits per heavy atom. The molecule has 0 aromatic heterocycles. The SMILES string of the molecule is O=C1c2c3ccc4c2OP(=O)(O4)ON1S3(=O)=O. The number of hydrogen-bond acceptors (Lipinski definition) is 7. The third kappa shape index (κ3) is 0.877. The number of nitrogens with zero attached hydrogens (tertiary/aromatic N) is 1. The predicted octanol–water partition coefficient (Wildman–Crippen LogP) is 0.656. The Labute approximate surface area is 94.3 Å². The summed E-state index contributed by atoms with van der Waals surface area (Å²) in [6, 6.07) is 2.46. The first-order valence-electron chi connectivity index (χ1n) is 4.38. The maximum atomic E-state index is 11.9. The van der Waals surface area contributed by atoms with Crippen LogP contribution in [-0.2, 0) is 19.2 Å². The van der Waals surface area contributed by atoms with E-state index in [2.05, 4.69) is 4.62 Å². The fraction of sp³-hybridized carbons (Fsp3) is 0. The number of phosphoric ester groups is 1. The Morgan fingerprint density at radius 1 is 1.24 bits per heavy atom. The third-order valence-corrected chi connectivity index (χ3v) is 5.42. The highest BCUT2D eigenvalue weighted by molar-refractivity contribution is 7.90. The Balaban J connectivity index is 2.26. The highest BCUT2D eigenvalue weighted by atomic mass is 32.2. The van der Waals surface area contributed by atoms with E-state index in [9.17, 15) is 17.8 Å². The molecule has 0 fully saturated rings. The van der Waals surface area contributed by atoms with Crippen LogP contribution in [0.3, 0.4) is 0 Å². The van der Waals surface area contributed by atoms with Gasteiger partial charge in [-0.1, -0.05) is 4.47 Å². The van der Waals surface area contributed by atoms with Crippen LogP contribution in [0.1, 0.15) is 10.4 Å². The van der Waals surface area contributed by atoms with E-state index >= 15 is 0 Å². The Hall–Kier alpha value is -1.57. The topological polar surface area (TPSA) is 99.2 Å². The van der Waals surface area contributed by atoms with Gasteiger partial charge < -0.3 is 9.05 Å². The summed E-state index contributed by atoms with van der Waals surface area (Å²) in [6.07, 6.45) is 0. The molecule has 88 valence electrons. The average molecular weight is 275 g/mol. The minimum atomic E-state index is -4.13. The van der Waals surface area contributed by atoms with Crippen LogP contribution in [0.2, 0.25) is 0 Å². The van der Waals surface area contributed by atoms with Crippen molar-refractivity contribution in [3.05, 3.63) is 17.7 Å². The van der Waals surface area contributed by atoms with E-state index < -0.39 is 23.8 Å². The van der Waals surface area contributed by atoms with Crippen molar-refractivity contribution in [2.24, 2.45) is 0 Å². The van der Waals surface area contributed by atoms with Crippen LogP contribution in [0.15, 0.2) is 17.0 Å². The average Bonchev–Trinajstić information content (AvgIpc) is 2.64. The monoisotopic (exact) mass is 275 g/mol. The minimum Gasteiger partial charge on any atom is -0.390 e. The molecule has 1 aromatic rings. The van der Waals surface area contributed by atoms with Gasteiger partial charge in [-0.25, -0.2) is 4.57 Å². The van der Waals surface area contributed by atoms with Crippen molar-refractivity contribution in [1.29, 1.82) is 0 Å². The summed E-state index contributed by atoms with van der Waals surface area (Å²) in [6.45, 7) is 0. The van der Waals surface area contributed by atoms with Gasteiger partial charge in [0, 0.05) is 0 Å². The van der Waals surface area contributed by atoms with Gasteiger partial charge in [0.2, 0.25) is 0 Å². The van der Waals surface area contributed by atoms with Crippen LogP contribution in [0.25, 0.3) is 0 Å². The van der Waals surface area contributed by atoms with E-state index in [0.717, 1.165) is 0 Å². The molecule has 3 aliphatic rings. The van der Waals surface area contributed by atoms with Crippen molar-refractivity contribution in [3.63, 3.8) is 0 Å². The highest BCUT2D eigenvalue weighted by Crippen LogP contribution is 2.65. The van der Waals surface area contributed by atoms with Gasteiger partial charge in [-0.05, 0) is 12.1 Å². The first-order chi connectivity index (χ1) is 7.92. The van der Waals surface area contributed by atoms with E-state index in [0.29, 0.717) is 0 Å². The van der Waals surface area contributed by atoms with Crippen LogP contribution in [-0.4, -0.2) is 18.8 Å². The van der Waals surface area contributed by atoms with Crippen molar-refractivity contribution in [3.8, 4) is 11.5 Å². The molecule has 1 unspecified atom stereocenters. The summed E-state index contributed by atoms with van der Waals surface area (Å²) in [5.74, 6) is -1.02. The molecule has 0 aliphatic carbocycles. The van der Waals surface area contributed by atoms with Crippen LogP contribution >= 0.6 is 7.82 Å². The molecule has 0 radical (unpaired) electrons. The van der Waals surface area contributed by atoms with Crippen LogP contribution in [0, 0.1) is 0 Å². The molecular weight excluding hydrogens is 273 g/mol. The lowest BCUT2D eigenvalue weighted by Gasteiger charge is -2.15. The van der Waals surface area contributed by atoms with Gasteiger partial charge in [-0.3, -0.25) is 4.79 Å². The molecule has 4 bridgehead atoms. The van der Waals surface area contributed by atoms with Crippen molar-refractivity contribution in [1.82, 2.24) is 4.47 Å². The zero-order valence-corrected chi connectivity index (χ0v) is 9.53. The number of carbonyl (C=O) groups excluding carboxylic acids is 1. The minimum absolute atomic E-state index is 0.0391. The molecule has 8 nitrogen and oxygen atoms in total. The normalized spacial score (nSPS) is 30.1. The van der Waals surface area contributed by atoms with Crippen LogP contribution in [0.4, 0.5) is 0 Å². The molecule has 3 aliphatic heterocycles. The van der Waals surface area contributed by atoms with Crippen molar-refractivity contribution >= 4 is 23.8 Å². The Morgan fingerprint density at radius 3 is 2.76 bits per heavy atom. The number of rotatable bonds is 0. The lowest BCUT2D eigenvalue weighted by Crippen LogP contribution is -2.29. The molecule has 1 aromatic carbocycles. The van der Waals surface area contributed by atoms with Crippen LogP contribution < -0.4 is 9.05 Å². The van der Waals surface area contributed by atoms with Crippen molar-refractivity contribution in [2.75, 3.05) is 0 Å². The summed E-state index contributed by atoms with van der Waals surface area (Å²) in [5.41, 5.74) is -0.197. The van der Waals surface area contributed by atoms with Gasteiger partial charge in [0.1, 0.15) is 10.5 Å². The molecule has 4 rings (SSSR count). The highest BCUT2D eigenvalue weighted by Gasteiger charge is 2.58. The summed E-state index contributed by atoms with van der Waals surface area (Å²) >= 11 is 0. The second kappa shape index (κ2) is 2.33. The van der Waals surface area contributed by atoms with Crippen molar-refractivity contribution in [2.45, 2.75) is 4.90 Å². The Bertz CT molecular complexity index is 754. The maximum Gasteiger partial charge on any atom is 0.611 e. The quantitative estimate of drug-likeness (QED) is 0.641.